The summed E-state index contributed by atoms with van der Waals surface area (Å²) in [4.78, 5) is 11.7. The number of unbranched alkanes of at least 4 members (excludes halogenated alkanes) is 5. The predicted molar refractivity (Wildman–Crippen MR) is 85.8 cm³/mol. The van der Waals surface area contributed by atoms with Gasteiger partial charge in [0, 0.05) is 0 Å². The summed E-state index contributed by atoms with van der Waals surface area (Å²) in [6, 6.07) is 7.68. The maximum Gasteiger partial charge on any atom is 0.513 e. The maximum atomic E-state index is 11.7. The largest absolute Gasteiger partial charge is 0.513 e. The van der Waals surface area contributed by atoms with Gasteiger partial charge in [0.25, 0.3) is 0 Å². The van der Waals surface area contributed by atoms with Gasteiger partial charge in [-0.3, -0.25) is 0 Å². The van der Waals surface area contributed by atoms with E-state index in [0.29, 0.717) is 12.4 Å². The van der Waals surface area contributed by atoms with Crippen LogP contribution in [0.1, 0.15) is 64.4 Å². The molecule has 0 atom stereocenters. The van der Waals surface area contributed by atoms with E-state index in [2.05, 4.69) is 13.8 Å². The van der Waals surface area contributed by atoms with E-state index in [9.17, 15) is 4.79 Å². The molecule has 1 aromatic carbocycles. The molecule has 0 bridgehead atoms. The minimum Gasteiger partial charge on any atom is -0.434 e. The highest BCUT2D eigenvalue weighted by molar-refractivity contribution is 5.64. The third-order valence-corrected chi connectivity index (χ3v) is 3.43. The first-order chi connectivity index (χ1) is 10.3. The average Bonchev–Trinajstić information content (AvgIpc) is 2.50. The summed E-state index contributed by atoms with van der Waals surface area (Å²) in [7, 11) is 0. The van der Waals surface area contributed by atoms with E-state index in [1.54, 1.807) is 0 Å². The van der Waals surface area contributed by atoms with Crippen LogP contribution in [0.15, 0.2) is 24.3 Å². The van der Waals surface area contributed by atoms with Crippen molar-refractivity contribution in [3.63, 3.8) is 0 Å². The molecule has 0 heterocycles. The summed E-state index contributed by atoms with van der Waals surface area (Å²) < 4.78 is 10.4. The molecule has 0 spiro atoms. The summed E-state index contributed by atoms with van der Waals surface area (Å²) in [5, 5.41) is 0. The summed E-state index contributed by atoms with van der Waals surface area (Å²) in [5.74, 6) is 0.627. The van der Waals surface area contributed by atoms with Crippen LogP contribution < -0.4 is 4.74 Å². The zero-order valence-corrected chi connectivity index (χ0v) is 13.4. The summed E-state index contributed by atoms with van der Waals surface area (Å²) in [6.45, 7) is 4.78. The van der Waals surface area contributed by atoms with Gasteiger partial charge >= 0.3 is 6.16 Å². The molecule has 118 valence electrons. The van der Waals surface area contributed by atoms with Crippen LogP contribution in [0.3, 0.4) is 0 Å². The molecule has 0 radical (unpaired) electrons. The molecule has 0 saturated carbocycles. The van der Waals surface area contributed by atoms with Crippen LogP contribution in [0.25, 0.3) is 0 Å². The van der Waals surface area contributed by atoms with E-state index in [0.717, 1.165) is 37.7 Å². The number of aryl methyl sites for hydroxylation is 1. The van der Waals surface area contributed by atoms with Crippen LogP contribution in [-0.2, 0) is 11.2 Å². The van der Waals surface area contributed by atoms with Crippen LogP contribution in [0.2, 0.25) is 0 Å². The molecule has 1 aromatic rings. The minimum absolute atomic E-state index is 0.444. The number of rotatable bonds is 10. The Labute approximate surface area is 128 Å². The molecule has 1 rings (SSSR count). The van der Waals surface area contributed by atoms with Gasteiger partial charge in [0.15, 0.2) is 0 Å². The SMILES string of the molecule is CCCCCCCOC(=O)Oc1ccccc1CCCC. The molecule has 21 heavy (non-hydrogen) atoms. The second kappa shape index (κ2) is 11.2. The molecule has 0 N–H and O–H groups in total. The Morgan fingerprint density at radius 2 is 1.67 bits per heavy atom. The number of benzene rings is 1. The standard InChI is InChI=1S/C18H28O3/c1-3-5-7-8-11-15-20-18(19)21-17-14-10-9-13-16(17)12-6-4-2/h9-10,13-14H,3-8,11-12,15H2,1-2H3. The van der Waals surface area contributed by atoms with Crippen molar-refractivity contribution in [2.45, 2.75) is 65.2 Å². The Morgan fingerprint density at radius 1 is 0.952 bits per heavy atom. The lowest BCUT2D eigenvalue weighted by molar-refractivity contribution is 0.0969. The molecule has 0 aliphatic heterocycles. The zero-order chi connectivity index (χ0) is 15.3. The third-order valence-electron chi connectivity index (χ3n) is 3.43. The number of ether oxygens (including phenoxy) is 2. The molecular weight excluding hydrogens is 264 g/mol. The van der Waals surface area contributed by atoms with Crippen molar-refractivity contribution >= 4 is 6.16 Å². The fourth-order valence-corrected chi connectivity index (χ4v) is 2.16. The van der Waals surface area contributed by atoms with Crippen LogP contribution in [0.5, 0.6) is 5.75 Å². The van der Waals surface area contributed by atoms with Gasteiger partial charge in [0.2, 0.25) is 0 Å². The fourth-order valence-electron chi connectivity index (χ4n) is 2.16. The van der Waals surface area contributed by atoms with Gasteiger partial charge in [0.05, 0.1) is 6.61 Å². The molecule has 0 unspecified atom stereocenters. The highest BCUT2D eigenvalue weighted by Gasteiger charge is 2.09. The van der Waals surface area contributed by atoms with Crippen molar-refractivity contribution in [1.82, 2.24) is 0 Å². The quantitative estimate of drug-likeness (QED) is 0.324. The molecule has 0 fully saturated rings. The van der Waals surface area contributed by atoms with E-state index in [4.69, 9.17) is 9.47 Å². The molecule has 0 aliphatic carbocycles. The molecule has 0 aliphatic rings. The van der Waals surface area contributed by atoms with Crippen LogP contribution in [0, 0.1) is 0 Å². The van der Waals surface area contributed by atoms with E-state index >= 15 is 0 Å². The Balaban J connectivity index is 2.30. The lowest BCUT2D eigenvalue weighted by atomic mass is 10.1. The van der Waals surface area contributed by atoms with Gasteiger partial charge in [-0.25, -0.2) is 4.79 Å². The van der Waals surface area contributed by atoms with Crippen molar-refractivity contribution in [2.75, 3.05) is 6.61 Å². The number of hydrogen-bond donors (Lipinski definition) is 0. The molecule has 3 nitrogen and oxygen atoms in total. The summed E-state index contributed by atoms with van der Waals surface area (Å²) in [5.41, 5.74) is 1.07. The monoisotopic (exact) mass is 292 g/mol. The Morgan fingerprint density at radius 3 is 2.43 bits per heavy atom. The van der Waals surface area contributed by atoms with Crippen molar-refractivity contribution in [3.8, 4) is 5.75 Å². The van der Waals surface area contributed by atoms with E-state index in [1.165, 1.54) is 19.3 Å². The topological polar surface area (TPSA) is 35.5 Å². The van der Waals surface area contributed by atoms with Crippen LogP contribution >= 0.6 is 0 Å². The molecule has 0 amide bonds. The molecular formula is C18H28O3. The van der Waals surface area contributed by atoms with Gasteiger partial charge in [-0.15, -0.1) is 0 Å². The third kappa shape index (κ3) is 7.74. The van der Waals surface area contributed by atoms with E-state index in [-0.39, 0.29) is 0 Å². The first kappa shape index (κ1) is 17.5. The zero-order valence-electron chi connectivity index (χ0n) is 13.4. The lowest BCUT2D eigenvalue weighted by Crippen LogP contribution is -2.12. The van der Waals surface area contributed by atoms with E-state index < -0.39 is 6.16 Å². The Kier molecular flexibility index (Phi) is 9.34. The normalized spacial score (nSPS) is 10.4. The van der Waals surface area contributed by atoms with Gasteiger partial charge in [0.1, 0.15) is 5.75 Å². The summed E-state index contributed by atoms with van der Waals surface area (Å²) >= 11 is 0. The van der Waals surface area contributed by atoms with Crippen molar-refractivity contribution in [1.29, 1.82) is 0 Å². The second-order valence-corrected chi connectivity index (χ2v) is 5.33. The molecule has 0 aromatic heterocycles. The second-order valence-electron chi connectivity index (χ2n) is 5.33. The van der Waals surface area contributed by atoms with Gasteiger partial charge in [-0.05, 0) is 30.9 Å². The number of carbonyl (C=O) groups excluding carboxylic acids is 1. The first-order valence-corrected chi connectivity index (χ1v) is 8.20. The molecule has 0 saturated heterocycles. The number of carbonyl (C=O) groups is 1. The van der Waals surface area contributed by atoms with Crippen molar-refractivity contribution in [3.05, 3.63) is 29.8 Å². The first-order valence-electron chi connectivity index (χ1n) is 8.20. The van der Waals surface area contributed by atoms with Gasteiger partial charge in [-0.2, -0.15) is 0 Å². The number of para-hydroxylation sites is 1. The smallest absolute Gasteiger partial charge is 0.434 e. The highest BCUT2D eigenvalue weighted by Crippen LogP contribution is 2.20. The van der Waals surface area contributed by atoms with E-state index in [1.807, 2.05) is 24.3 Å². The van der Waals surface area contributed by atoms with Crippen molar-refractivity contribution < 1.29 is 14.3 Å². The predicted octanol–water partition coefficient (Wildman–Crippen LogP) is 5.52. The lowest BCUT2D eigenvalue weighted by Gasteiger charge is -2.10. The van der Waals surface area contributed by atoms with Gasteiger partial charge in [-0.1, -0.05) is 64.2 Å². The maximum absolute atomic E-state index is 11.7. The highest BCUT2D eigenvalue weighted by atomic mass is 16.7. The van der Waals surface area contributed by atoms with Crippen LogP contribution in [0.4, 0.5) is 4.79 Å². The molecule has 3 heteroatoms. The Hall–Kier alpha value is -1.51. The number of hydrogen-bond acceptors (Lipinski definition) is 3. The average molecular weight is 292 g/mol. The summed E-state index contributed by atoms with van der Waals surface area (Å²) in [6.07, 6.45) is 8.23. The Bertz CT molecular complexity index is 401. The van der Waals surface area contributed by atoms with Gasteiger partial charge < -0.3 is 9.47 Å². The van der Waals surface area contributed by atoms with Crippen LogP contribution in [-0.4, -0.2) is 12.8 Å². The minimum atomic E-state index is -0.588. The fraction of sp³-hybridized carbons (Fsp3) is 0.611. The van der Waals surface area contributed by atoms with Crippen molar-refractivity contribution in [2.24, 2.45) is 0 Å².